The van der Waals surface area contributed by atoms with Gasteiger partial charge in [0.25, 0.3) is 0 Å². The van der Waals surface area contributed by atoms with Crippen molar-refractivity contribution < 1.29 is 0 Å². The molecule has 0 radical (unpaired) electrons. The molecule has 0 unspecified atom stereocenters. The molecule has 1 heterocycles. The van der Waals surface area contributed by atoms with Crippen LogP contribution in [0.1, 0.15) is 49.4 Å². The van der Waals surface area contributed by atoms with Crippen LogP contribution < -0.4 is 5.32 Å². The third-order valence-electron chi connectivity index (χ3n) is 4.45. The average Bonchev–Trinajstić information content (AvgIpc) is 2.97. The lowest BCUT2D eigenvalue weighted by Gasteiger charge is -2.15. The Kier molecular flexibility index (Phi) is 4.02. The number of rotatable bonds is 4. The van der Waals surface area contributed by atoms with Gasteiger partial charge in [-0.15, -0.1) is 0 Å². The lowest BCUT2D eigenvalue weighted by Crippen LogP contribution is -2.25. The van der Waals surface area contributed by atoms with Crippen LogP contribution in [0.15, 0.2) is 24.3 Å². The molecule has 20 heavy (non-hydrogen) atoms. The van der Waals surface area contributed by atoms with Crippen molar-refractivity contribution in [2.24, 2.45) is 0 Å². The number of aromatic nitrogens is 1. The minimum Gasteiger partial charge on any atom is -0.310 e. The fourth-order valence-corrected chi connectivity index (χ4v) is 3.34. The SMILES string of the molecule is CCc1cccc2c(CNC3CCCC3)cc(C)nc12. The van der Waals surface area contributed by atoms with Crippen molar-refractivity contribution in [2.75, 3.05) is 0 Å². The molecule has 1 N–H and O–H groups in total. The van der Waals surface area contributed by atoms with Crippen LogP contribution in [-0.2, 0) is 13.0 Å². The number of hydrogen-bond acceptors (Lipinski definition) is 2. The van der Waals surface area contributed by atoms with Crippen LogP contribution >= 0.6 is 0 Å². The van der Waals surface area contributed by atoms with E-state index in [4.69, 9.17) is 4.98 Å². The highest BCUT2D eigenvalue weighted by Crippen LogP contribution is 2.23. The highest BCUT2D eigenvalue weighted by atomic mass is 14.9. The molecule has 1 aromatic carbocycles. The van der Waals surface area contributed by atoms with E-state index in [9.17, 15) is 0 Å². The number of pyridine rings is 1. The van der Waals surface area contributed by atoms with Crippen molar-refractivity contribution in [3.63, 3.8) is 0 Å². The fourth-order valence-electron chi connectivity index (χ4n) is 3.34. The van der Waals surface area contributed by atoms with Gasteiger partial charge in [0.15, 0.2) is 0 Å². The first-order valence-electron chi connectivity index (χ1n) is 7.89. The molecule has 2 heteroatoms. The molecule has 0 saturated heterocycles. The van der Waals surface area contributed by atoms with E-state index in [0.29, 0.717) is 6.04 Å². The summed E-state index contributed by atoms with van der Waals surface area (Å²) >= 11 is 0. The maximum absolute atomic E-state index is 4.76. The first-order valence-corrected chi connectivity index (χ1v) is 7.89. The number of para-hydroxylation sites is 1. The molecule has 1 saturated carbocycles. The molecular formula is C18H24N2. The first kappa shape index (κ1) is 13.6. The standard InChI is InChI=1S/C18H24N2/c1-3-14-7-6-10-17-15(11-13(2)20-18(14)17)12-19-16-8-4-5-9-16/h6-7,10-11,16,19H,3-5,8-9,12H2,1-2H3. The quantitative estimate of drug-likeness (QED) is 0.901. The maximum atomic E-state index is 4.76. The van der Waals surface area contributed by atoms with Crippen molar-refractivity contribution in [2.45, 2.75) is 58.5 Å². The van der Waals surface area contributed by atoms with Gasteiger partial charge >= 0.3 is 0 Å². The Balaban J connectivity index is 1.92. The Labute approximate surface area is 121 Å². The van der Waals surface area contributed by atoms with E-state index < -0.39 is 0 Å². The lowest BCUT2D eigenvalue weighted by molar-refractivity contribution is 0.525. The molecule has 0 atom stereocenters. The molecule has 0 bridgehead atoms. The van der Waals surface area contributed by atoms with Gasteiger partial charge in [-0.1, -0.05) is 38.0 Å². The van der Waals surface area contributed by atoms with Gasteiger partial charge in [-0.3, -0.25) is 4.98 Å². The van der Waals surface area contributed by atoms with E-state index in [1.807, 2.05) is 0 Å². The second-order valence-electron chi connectivity index (χ2n) is 5.95. The molecule has 0 spiro atoms. The minimum absolute atomic E-state index is 0.716. The van der Waals surface area contributed by atoms with Gasteiger partial charge in [-0.05, 0) is 43.4 Å². The summed E-state index contributed by atoms with van der Waals surface area (Å²) < 4.78 is 0. The van der Waals surface area contributed by atoms with Crippen molar-refractivity contribution >= 4 is 10.9 Å². The predicted octanol–water partition coefficient (Wildman–Crippen LogP) is 4.14. The van der Waals surface area contributed by atoms with Crippen LogP contribution in [0.4, 0.5) is 0 Å². The summed E-state index contributed by atoms with van der Waals surface area (Å²) in [5, 5.41) is 5.05. The van der Waals surface area contributed by atoms with Gasteiger partial charge < -0.3 is 5.32 Å². The second kappa shape index (κ2) is 5.92. The maximum Gasteiger partial charge on any atom is 0.0740 e. The third kappa shape index (κ3) is 2.71. The lowest BCUT2D eigenvalue weighted by atomic mass is 10.0. The Hall–Kier alpha value is -1.41. The summed E-state index contributed by atoms with van der Waals surface area (Å²) in [6.45, 7) is 5.28. The molecule has 3 rings (SSSR count). The van der Waals surface area contributed by atoms with E-state index in [2.05, 4.69) is 43.4 Å². The third-order valence-corrected chi connectivity index (χ3v) is 4.45. The Morgan fingerprint density at radius 3 is 2.75 bits per heavy atom. The topological polar surface area (TPSA) is 24.9 Å². The molecule has 1 aliphatic carbocycles. The van der Waals surface area contributed by atoms with Gasteiger partial charge in [0.1, 0.15) is 0 Å². The van der Waals surface area contributed by atoms with Crippen molar-refractivity contribution in [3.05, 3.63) is 41.1 Å². The average molecular weight is 268 g/mol. The molecule has 2 nitrogen and oxygen atoms in total. The molecule has 1 aromatic heterocycles. The van der Waals surface area contributed by atoms with Gasteiger partial charge in [0, 0.05) is 23.7 Å². The van der Waals surface area contributed by atoms with E-state index in [-0.39, 0.29) is 0 Å². The molecule has 0 amide bonds. The van der Waals surface area contributed by atoms with Crippen molar-refractivity contribution in [1.29, 1.82) is 0 Å². The summed E-state index contributed by atoms with van der Waals surface area (Å²) in [4.78, 5) is 4.76. The first-order chi connectivity index (χ1) is 9.78. The van der Waals surface area contributed by atoms with Gasteiger partial charge in [-0.2, -0.15) is 0 Å². The molecule has 2 aromatic rings. The monoisotopic (exact) mass is 268 g/mol. The van der Waals surface area contributed by atoms with Crippen LogP contribution in [0.25, 0.3) is 10.9 Å². The molecule has 0 aliphatic heterocycles. The zero-order valence-corrected chi connectivity index (χ0v) is 12.6. The van der Waals surface area contributed by atoms with Gasteiger partial charge in [-0.25, -0.2) is 0 Å². The Morgan fingerprint density at radius 1 is 1.20 bits per heavy atom. The van der Waals surface area contributed by atoms with E-state index >= 15 is 0 Å². The number of fused-ring (bicyclic) bond motifs is 1. The van der Waals surface area contributed by atoms with E-state index in [0.717, 1.165) is 18.7 Å². The van der Waals surface area contributed by atoms with Crippen LogP contribution in [0, 0.1) is 6.92 Å². The van der Waals surface area contributed by atoms with Crippen LogP contribution in [0.2, 0.25) is 0 Å². The summed E-state index contributed by atoms with van der Waals surface area (Å²) in [5.41, 5.74) is 5.07. The number of benzene rings is 1. The van der Waals surface area contributed by atoms with Gasteiger partial charge in [0.2, 0.25) is 0 Å². The van der Waals surface area contributed by atoms with Crippen LogP contribution in [0.3, 0.4) is 0 Å². The van der Waals surface area contributed by atoms with Crippen LogP contribution in [0.5, 0.6) is 0 Å². The largest absolute Gasteiger partial charge is 0.310 e. The van der Waals surface area contributed by atoms with Crippen molar-refractivity contribution in [1.82, 2.24) is 10.3 Å². The smallest absolute Gasteiger partial charge is 0.0740 e. The summed E-state index contributed by atoms with van der Waals surface area (Å²) in [6, 6.07) is 9.53. The van der Waals surface area contributed by atoms with Gasteiger partial charge in [0.05, 0.1) is 5.52 Å². The summed E-state index contributed by atoms with van der Waals surface area (Å²) in [5.74, 6) is 0. The number of aryl methyl sites for hydroxylation is 2. The number of hydrogen-bond donors (Lipinski definition) is 1. The highest BCUT2D eigenvalue weighted by Gasteiger charge is 2.15. The highest BCUT2D eigenvalue weighted by molar-refractivity contribution is 5.85. The zero-order chi connectivity index (χ0) is 13.9. The Morgan fingerprint density at radius 2 is 2.00 bits per heavy atom. The zero-order valence-electron chi connectivity index (χ0n) is 12.6. The minimum atomic E-state index is 0.716. The van der Waals surface area contributed by atoms with Crippen molar-refractivity contribution in [3.8, 4) is 0 Å². The van der Waals surface area contributed by atoms with Crippen LogP contribution in [-0.4, -0.2) is 11.0 Å². The second-order valence-corrected chi connectivity index (χ2v) is 5.95. The molecule has 1 fully saturated rings. The summed E-state index contributed by atoms with van der Waals surface area (Å²) in [7, 11) is 0. The number of nitrogens with zero attached hydrogens (tertiary/aromatic N) is 1. The molecule has 1 aliphatic rings. The van der Waals surface area contributed by atoms with E-state index in [1.165, 1.54) is 47.7 Å². The normalized spacial score (nSPS) is 16.1. The Bertz CT molecular complexity index is 598. The van der Waals surface area contributed by atoms with E-state index in [1.54, 1.807) is 0 Å². The summed E-state index contributed by atoms with van der Waals surface area (Å²) in [6.07, 6.45) is 6.48. The molecular weight excluding hydrogens is 244 g/mol. The fraction of sp³-hybridized carbons (Fsp3) is 0.500. The number of nitrogens with one attached hydrogen (secondary N) is 1. The molecule has 106 valence electrons. The predicted molar refractivity (Wildman–Crippen MR) is 85.0 cm³/mol.